The van der Waals surface area contributed by atoms with E-state index in [2.05, 4.69) is 43.5 Å². The minimum absolute atomic E-state index is 0.0754. The molecule has 1 heterocycles. The highest BCUT2D eigenvalue weighted by Gasteiger charge is 2.21. The van der Waals surface area contributed by atoms with Crippen LogP contribution in [0.5, 0.6) is 0 Å². The number of carbonyl (C=O) groups is 1. The molecule has 0 aromatic carbocycles. The third kappa shape index (κ3) is 4.66. The first-order valence-electron chi connectivity index (χ1n) is 6.28. The van der Waals surface area contributed by atoms with Crippen molar-refractivity contribution in [3.05, 3.63) is 10.7 Å². The summed E-state index contributed by atoms with van der Waals surface area (Å²) in [5.74, 6) is 0.764. The van der Waals surface area contributed by atoms with Crippen LogP contribution in [0.1, 0.15) is 27.2 Å². The van der Waals surface area contributed by atoms with Gasteiger partial charge in [-0.1, -0.05) is 20.8 Å². The number of primary amides is 1. The number of aromatic nitrogens is 2. The fourth-order valence-electron chi connectivity index (χ4n) is 1.50. The van der Waals surface area contributed by atoms with Crippen molar-refractivity contribution >= 4 is 33.6 Å². The lowest BCUT2D eigenvalue weighted by Crippen LogP contribution is -2.39. The summed E-state index contributed by atoms with van der Waals surface area (Å²) in [7, 11) is 0. The van der Waals surface area contributed by atoms with E-state index in [1.165, 1.54) is 0 Å². The highest BCUT2D eigenvalue weighted by molar-refractivity contribution is 9.10. The highest BCUT2D eigenvalue weighted by atomic mass is 79.9. The SMILES string of the molecule is CCCNc1ncc(Br)c(NC(C(N)=O)C(C)C)n1. The molecule has 0 aliphatic heterocycles. The molecule has 0 saturated heterocycles. The standard InChI is InChI=1S/C12H20BrN5O/c1-4-5-15-12-16-6-8(13)11(18-12)17-9(7(2)3)10(14)19/h6-7,9H,4-5H2,1-3H3,(H2,14,19)(H2,15,16,17,18). The Kier molecular flexibility index (Phi) is 6.01. The first-order valence-corrected chi connectivity index (χ1v) is 7.07. The number of nitrogens with one attached hydrogen (secondary N) is 2. The molecule has 1 rings (SSSR count). The van der Waals surface area contributed by atoms with E-state index in [4.69, 9.17) is 5.73 Å². The van der Waals surface area contributed by atoms with Crippen LogP contribution in [-0.2, 0) is 4.79 Å². The fourth-order valence-corrected chi connectivity index (χ4v) is 1.81. The van der Waals surface area contributed by atoms with Crippen molar-refractivity contribution in [1.82, 2.24) is 9.97 Å². The summed E-state index contributed by atoms with van der Waals surface area (Å²) in [6.07, 6.45) is 2.63. The van der Waals surface area contributed by atoms with Gasteiger partial charge in [-0.25, -0.2) is 4.98 Å². The van der Waals surface area contributed by atoms with Gasteiger partial charge in [-0.15, -0.1) is 0 Å². The third-order valence-electron chi connectivity index (χ3n) is 2.54. The number of nitrogens with zero attached hydrogens (tertiary/aromatic N) is 2. The normalized spacial score (nSPS) is 12.3. The summed E-state index contributed by atoms with van der Waals surface area (Å²) < 4.78 is 0.696. The molecule has 1 amide bonds. The molecule has 0 fully saturated rings. The Morgan fingerprint density at radius 3 is 2.74 bits per heavy atom. The van der Waals surface area contributed by atoms with Crippen LogP contribution in [0.3, 0.4) is 0 Å². The van der Waals surface area contributed by atoms with Gasteiger partial charge >= 0.3 is 0 Å². The van der Waals surface area contributed by atoms with Crippen molar-refractivity contribution < 1.29 is 4.79 Å². The van der Waals surface area contributed by atoms with Crippen LogP contribution in [0.2, 0.25) is 0 Å². The van der Waals surface area contributed by atoms with Gasteiger partial charge < -0.3 is 16.4 Å². The Bertz CT molecular complexity index is 438. The molecule has 0 aliphatic carbocycles. The molecule has 106 valence electrons. The van der Waals surface area contributed by atoms with E-state index in [-0.39, 0.29) is 5.92 Å². The molecular weight excluding hydrogens is 310 g/mol. The summed E-state index contributed by atoms with van der Waals surface area (Å²) in [5, 5.41) is 6.14. The van der Waals surface area contributed by atoms with Gasteiger partial charge in [0.15, 0.2) is 0 Å². The Morgan fingerprint density at radius 2 is 2.21 bits per heavy atom. The maximum atomic E-state index is 11.4. The van der Waals surface area contributed by atoms with Crippen LogP contribution in [0.15, 0.2) is 10.7 Å². The van der Waals surface area contributed by atoms with E-state index in [0.29, 0.717) is 16.2 Å². The molecule has 4 N–H and O–H groups in total. The number of carbonyl (C=O) groups excluding carboxylic acids is 1. The summed E-state index contributed by atoms with van der Waals surface area (Å²) in [5.41, 5.74) is 5.38. The van der Waals surface area contributed by atoms with Gasteiger partial charge in [0.1, 0.15) is 11.9 Å². The van der Waals surface area contributed by atoms with Crippen LogP contribution in [0, 0.1) is 5.92 Å². The molecule has 0 spiro atoms. The van der Waals surface area contributed by atoms with Gasteiger partial charge in [0.2, 0.25) is 11.9 Å². The number of nitrogens with two attached hydrogens (primary N) is 1. The Hall–Kier alpha value is -1.37. The van der Waals surface area contributed by atoms with Crippen LogP contribution < -0.4 is 16.4 Å². The third-order valence-corrected chi connectivity index (χ3v) is 3.12. The first kappa shape index (κ1) is 15.7. The molecule has 6 nitrogen and oxygen atoms in total. The van der Waals surface area contributed by atoms with Gasteiger partial charge in [0.05, 0.1) is 4.47 Å². The smallest absolute Gasteiger partial charge is 0.240 e. The molecule has 0 radical (unpaired) electrons. The Morgan fingerprint density at radius 1 is 1.53 bits per heavy atom. The number of hydrogen-bond donors (Lipinski definition) is 3. The number of halogens is 1. The van der Waals surface area contributed by atoms with Gasteiger partial charge in [-0.05, 0) is 28.3 Å². The van der Waals surface area contributed by atoms with Gasteiger partial charge in [-0.2, -0.15) is 4.98 Å². The van der Waals surface area contributed by atoms with Crippen molar-refractivity contribution in [2.45, 2.75) is 33.2 Å². The molecule has 1 aromatic rings. The molecule has 7 heteroatoms. The lowest BCUT2D eigenvalue weighted by Gasteiger charge is -2.20. The summed E-state index contributed by atoms with van der Waals surface area (Å²) in [6.45, 7) is 6.71. The quantitative estimate of drug-likeness (QED) is 0.711. The topological polar surface area (TPSA) is 92.9 Å². The fraction of sp³-hybridized carbons (Fsp3) is 0.583. The minimum Gasteiger partial charge on any atom is -0.368 e. The van der Waals surface area contributed by atoms with E-state index < -0.39 is 11.9 Å². The van der Waals surface area contributed by atoms with E-state index in [1.807, 2.05) is 13.8 Å². The van der Waals surface area contributed by atoms with Gasteiger partial charge in [0, 0.05) is 12.7 Å². The second kappa shape index (κ2) is 7.28. The number of hydrogen-bond acceptors (Lipinski definition) is 5. The maximum Gasteiger partial charge on any atom is 0.240 e. The predicted octanol–water partition coefficient (Wildman–Crippen LogP) is 1.98. The van der Waals surface area contributed by atoms with Crippen molar-refractivity contribution in [2.75, 3.05) is 17.2 Å². The summed E-state index contributed by atoms with van der Waals surface area (Å²) >= 11 is 3.36. The monoisotopic (exact) mass is 329 g/mol. The minimum atomic E-state index is -0.467. The van der Waals surface area contributed by atoms with Crippen LogP contribution in [0.4, 0.5) is 11.8 Å². The molecule has 0 aliphatic rings. The summed E-state index contributed by atoms with van der Waals surface area (Å²) in [4.78, 5) is 19.9. The number of anilines is 2. The van der Waals surface area contributed by atoms with Gasteiger partial charge in [-0.3, -0.25) is 4.79 Å². The summed E-state index contributed by atoms with van der Waals surface area (Å²) in [6, 6.07) is -0.467. The van der Waals surface area contributed by atoms with Crippen molar-refractivity contribution in [1.29, 1.82) is 0 Å². The van der Waals surface area contributed by atoms with Crippen LogP contribution >= 0.6 is 15.9 Å². The number of rotatable bonds is 7. The zero-order chi connectivity index (χ0) is 14.4. The molecule has 0 bridgehead atoms. The second-order valence-electron chi connectivity index (χ2n) is 4.59. The van der Waals surface area contributed by atoms with Crippen molar-refractivity contribution in [2.24, 2.45) is 11.7 Å². The van der Waals surface area contributed by atoms with E-state index >= 15 is 0 Å². The van der Waals surface area contributed by atoms with Gasteiger partial charge in [0.25, 0.3) is 0 Å². The van der Waals surface area contributed by atoms with Crippen molar-refractivity contribution in [3.8, 4) is 0 Å². The average Bonchev–Trinajstić information content (AvgIpc) is 2.35. The second-order valence-corrected chi connectivity index (χ2v) is 5.44. The lowest BCUT2D eigenvalue weighted by atomic mass is 10.0. The average molecular weight is 330 g/mol. The van der Waals surface area contributed by atoms with Crippen LogP contribution in [0.25, 0.3) is 0 Å². The first-order chi connectivity index (χ1) is 8.95. The lowest BCUT2D eigenvalue weighted by molar-refractivity contribution is -0.119. The van der Waals surface area contributed by atoms with E-state index in [9.17, 15) is 4.79 Å². The predicted molar refractivity (Wildman–Crippen MR) is 80.0 cm³/mol. The highest BCUT2D eigenvalue weighted by Crippen LogP contribution is 2.22. The van der Waals surface area contributed by atoms with Crippen LogP contribution in [-0.4, -0.2) is 28.5 Å². The zero-order valence-corrected chi connectivity index (χ0v) is 13.0. The molecule has 0 saturated carbocycles. The molecule has 19 heavy (non-hydrogen) atoms. The van der Waals surface area contributed by atoms with Crippen molar-refractivity contribution in [3.63, 3.8) is 0 Å². The Balaban J connectivity index is 2.89. The van der Waals surface area contributed by atoms with E-state index in [0.717, 1.165) is 13.0 Å². The molecular formula is C12H20BrN5O. The molecule has 1 atom stereocenters. The number of amides is 1. The maximum absolute atomic E-state index is 11.4. The van der Waals surface area contributed by atoms with E-state index in [1.54, 1.807) is 6.20 Å². The molecule has 1 unspecified atom stereocenters. The zero-order valence-electron chi connectivity index (χ0n) is 11.4. The Labute approximate surface area is 121 Å². The molecule has 1 aromatic heterocycles. The largest absolute Gasteiger partial charge is 0.368 e.